The molecule has 2 aliphatic rings. The molecule has 2 saturated heterocycles. The van der Waals surface area contributed by atoms with E-state index in [9.17, 15) is 4.79 Å². The highest BCUT2D eigenvalue weighted by molar-refractivity contribution is 5.89. The predicted octanol–water partition coefficient (Wildman–Crippen LogP) is 2.45. The minimum absolute atomic E-state index is 0.101. The zero-order valence-corrected chi connectivity index (χ0v) is 13.0. The number of hydrogen-bond donors (Lipinski definition) is 2. The Bertz CT molecular complexity index is 466. The number of rotatable bonds is 3. The van der Waals surface area contributed by atoms with Crippen LogP contribution >= 0.6 is 0 Å². The van der Waals surface area contributed by atoms with Crippen LogP contribution in [0.25, 0.3) is 0 Å². The number of benzene rings is 1. The summed E-state index contributed by atoms with van der Waals surface area (Å²) >= 11 is 0. The van der Waals surface area contributed by atoms with E-state index < -0.39 is 0 Å². The van der Waals surface area contributed by atoms with E-state index in [4.69, 9.17) is 4.74 Å². The van der Waals surface area contributed by atoms with Crippen molar-refractivity contribution in [3.05, 3.63) is 30.3 Å². The molecular weight excluding hydrogens is 278 g/mol. The van der Waals surface area contributed by atoms with Crippen molar-refractivity contribution in [3.63, 3.8) is 0 Å². The summed E-state index contributed by atoms with van der Waals surface area (Å²) in [4.78, 5) is 14.6. The van der Waals surface area contributed by atoms with E-state index in [1.165, 1.54) is 0 Å². The highest BCUT2D eigenvalue weighted by atomic mass is 16.5. The molecule has 1 aromatic carbocycles. The first-order chi connectivity index (χ1) is 10.8. The van der Waals surface area contributed by atoms with Crippen molar-refractivity contribution in [1.82, 2.24) is 10.2 Å². The summed E-state index contributed by atoms with van der Waals surface area (Å²) in [6.45, 7) is 3.92. The molecule has 2 fully saturated rings. The molecule has 5 nitrogen and oxygen atoms in total. The Labute approximate surface area is 132 Å². The average Bonchev–Trinajstić information content (AvgIpc) is 2.57. The summed E-state index contributed by atoms with van der Waals surface area (Å²) in [5.41, 5.74) is 0.833. The predicted molar refractivity (Wildman–Crippen MR) is 87.0 cm³/mol. The van der Waals surface area contributed by atoms with E-state index >= 15 is 0 Å². The minimum atomic E-state index is -0.101. The minimum Gasteiger partial charge on any atom is -0.381 e. The summed E-state index contributed by atoms with van der Waals surface area (Å²) in [5, 5.41) is 5.97. The highest BCUT2D eigenvalue weighted by Gasteiger charge is 2.26. The fourth-order valence-electron chi connectivity index (χ4n) is 3.33. The number of nitrogens with one attached hydrogen (secondary N) is 2. The van der Waals surface area contributed by atoms with E-state index in [-0.39, 0.29) is 12.1 Å². The molecule has 0 radical (unpaired) electrons. The number of ether oxygens (including phenoxy) is 1. The van der Waals surface area contributed by atoms with Gasteiger partial charge in [-0.25, -0.2) is 4.79 Å². The van der Waals surface area contributed by atoms with Crippen molar-refractivity contribution in [2.24, 2.45) is 0 Å². The Morgan fingerprint density at radius 3 is 2.41 bits per heavy atom. The smallest absolute Gasteiger partial charge is 0.319 e. The molecule has 1 aromatic rings. The van der Waals surface area contributed by atoms with E-state index in [1.54, 1.807) is 0 Å². The normalized spacial score (nSPS) is 21.5. The lowest BCUT2D eigenvalue weighted by Crippen LogP contribution is -2.49. The molecule has 0 bridgehead atoms. The van der Waals surface area contributed by atoms with Crippen LogP contribution in [-0.4, -0.2) is 49.3 Å². The first-order valence-corrected chi connectivity index (χ1v) is 8.25. The Morgan fingerprint density at radius 1 is 1.05 bits per heavy atom. The van der Waals surface area contributed by atoms with Crippen LogP contribution in [0.5, 0.6) is 0 Å². The fraction of sp³-hybridized carbons (Fsp3) is 0.588. The monoisotopic (exact) mass is 303 g/mol. The van der Waals surface area contributed by atoms with Crippen LogP contribution in [0.15, 0.2) is 30.3 Å². The van der Waals surface area contributed by atoms with Gasteiger partial charge in [-0.3, -0.25) is 0 Å². The Balaban J connectivity index is 1.40. The SMILES string of the molecule is O=C(Nc1ccccc1)NC1CCN(C2CCOCC2)CC1. The van der Waals surface area contributed by atoms with Gasteiger partial charge in [-0.15, -0.1) is 0 Å². The number of amides is 2. The molecule has 0 aromatic heterocycles. The third-order valence-corrected chi connectivity index (χ3v) is 4.60. The first kappa shape index (κ1) is 15.3. The molecule has 22 heavy (non-hydrogen) atoms. The second-order valence-corrected chi connectivity index (χ2v) is 6.12. The number of likely N-dealkylation sites (tertiary alicyclic amines) is 1. The molecule has 5 heteroatoms. The van der Waals surface area contributed by atoms with Gasteiger partial charge in [0.2, 0.25) is 0 Å². The van der Waals surface area contributed by atoms with Crippen LogP contribution in [-0.2, 0) is 4.74 Å². The number of carbonyl (C=O) groups is 1. The molecule has 0 aliphatic carbocycles. The summed E-state index contributed by atoms with van der Waals surface area (Å²) in [6.07, 6.45) is 4.35. The standard InChI is InChI=1S/C17H25N3O2/c21-17(18-14-4-2-1-3-5-14)19-15-6-10-20(11-7-15)16-8-12-22-13-9-16/h1-5,15-16H,6-13H2,(H2,18,19,21). The number of piperidine rings is 1. The van der Waals surface area contributed by atoms with E-state index in [0.29, 0.717) is 6.04 Å². The van der Waals surface area contributed by atoms with Gasteiger partial charge in [0.25, 0.3) is 0 Å². The van der Waals surface area contributed by atoms with Crippen LogP contribution in [0.3, 0.4) is 0 Å². The summed E-state index contributed by atoms with van der Waals surface area (Å²) < 4.78 is 5.43. The number of hydrogen-bond acceptors (Lipinski definition) is 3. The molecule has 0 atom stereocenters. The number of urea groups is 1. The quantitative estimate of drug-likeness (QED) is 0.902. The second-order valence-electron chi connectivity index (χ2n) is 6.12. The number of nitrogens with zero attached hydrogens (tertiary/aromatic N) is 1. The summed E-state index contributed by atoms with van der Waals surface area (Å²) in [6, 6.07) is 10.4. The first-order valence-electron chi connectivity index (χ1n) is 8.25. The van der Waals surface area contributed by atoms with Gasteiger partial charge in [-0.05, 0) is 37.8 Å². The van der Waals surface area contributed by atoms with Crippen LogP contribution in [0.1, 0.15) is 25.7 Å². The zero-order chi connectivity index (χ0) is 15.2. The fourth-order valence-corrected chi connectivity index (χ4v) is 3.33. The van der Waals surface area contributed by atoms with Gasteiger partial charge in [-0.1, -0.05) is 18.2 Å². The average molecular weight is 303 g/mol. The van der Waals surface area contributed by atoms with Gasteiger partial charge in [0.05, 0.1) is 0 Å². The lowest BCUT2D eigenvalue weighted by Gasteiger charge is -2.39. The molecule has 0 unspecified atom stereocenters. The molecule has 2 heterocycles. The zero-order valence-electron chi connectivity index (χ0n) is 13.0. The van der Waals surface area contributed by atoms with Crippen molar-refractivity contribution in [3.8, 4) is 0 Å². The molecule has 0 saturated carbocycles. The molecule has 2 amide bonds. The van der Waals surface area contributed by atoms with Crippen LogP contribution in [0.4, 0.5) is 10.5 Å². The van der Waals surface area contributed by atoms with Crippen molar-refractivity contribution < 1.29 is 9.53 Å². The molecule has 0 spiro atoms. The van der Waals surface area contributed by atoms with Gasteiger partial charge < -0.3 is 20.3 Å². The Morgan fingerprint density at radius 2 is 1.73 bits per heavy atom. The van der Waals surface area contributed by atoms with E-state index in [1.807, 2.05) is 30.3 Å². The second kappa shape index (κ2) is 7.61. The van der Waals surface area contributed by atoms with Crippen molar-refractivity contribution in [1.29, 1.82) is 0 Å². The maximum Gasteiger partial charge on any atom is 0.319 e. The summed E-state index contributed by atoms with van der Waals surface area (Å²) in [7, 11) is 0. The number of para-hydroxylation sites is 1. The van der Waals surface area contributed by atoms with Crippen LogP contribution in [0.2, 0.25) is 0 Å². The van der Waals surface area contributed by atoms with Crippen LogP contribution < -0.4 is 10.6 Å². The third-order valence-electron chi connectivity index (χ3n) is 4.60. The van der Waals surface area contributed by atoms with Crippen molar-refractivity contribution in [2.75, 3.05) is 31.6 Å². The largest absolute Gasteiger partial charge is 0.381 e. The Kier molecular flexibility index (Phi) is 5.29. The van der Waals surface area contributed by atoms with Crippen LogP contribution in [0, 0.1) is 0 Å². The molecule has 2 aliphatic heterocycles. The van der Waals surface area contributed by atoms with Gasteiger partial charge in [-0.2, -0.15) is 0 Å². The highest BCUT2D eigenvalue weighted by Crippen LogP contribution is 2.20. The van der Waals surface area contributed by atoms with Crippen molar-refractivity contribution in [2.45, 2.75) is 37.8 Å². The van der Waals surface area contributed by atoms with Gasteiger partial charge in [0.1, 0.15) is 0 Å². The van der Waals surface area contributed by atoms with Gasteiger partial charge in [0, 0.05) is 44.1 Å². The van der Waals surface area contributed by atoms with E-state index in [2.05, 4.69) is 15.5 Å². The van der Waals surface area contributed by atoms with E-state index in [0.717, 1.165) is 57.7 Å². The van der Waals surface area contributed by atoms with Gasteiger partial charge in [0.15, 0.2) is 0 Å². The maximum atomic E-state index is 12.0. The maximum absolute atomic E-state index is 12.0. The lowest BCUT2D eigenvalue weighted by molar-refractivity contribution is 0.0244. The number of anilines is 1. The molecule has 2 N–H and O–H groups in total. The third kappa shape index (κ3) is 4.21. The number of carbonyl (C=O) groups excluding carboxylic acids is 1. The topological polar surface area (TPSA) is 53.6 Å². The Hall–Kier alpha value is -1.59. The van der Waals surface area contributed by atoms with Crippen molar-refractivity contribution >= 4 is 11.7 Å². The molecular formula is C17H25N3O2. The summed E-state index contributed by atoms with van der Waals surface area (Å²) in [5.74, 6) is 0. The molecule has 120 valence electrons. The lowest BCUT2D eigenvalue weighted by atomic mass is 10.00. The molecule has 3 rings (SSSR count). The van der Waals surface area contributed by atoms with Gasteiger partial charge >= 0.3 is 6.03 Å².